The van der Waals surface area contributed by atoms with Crippen molar-refractivity contribution < 1.29 is 22.6 Å². The van der Waals surface area contributed by atoms with Crippen molar-refractivity contribution in [3.63, 3.8) is 0 Å². The molecule has 0 spiro atoms. The minimum absolute atomic E-state index is 0.139. The molecule has 138 valence electrons. The first-order chi connectivity index (χ1) is 12.3. The van der Waals surface area contributed by atoms with Crippen LogP contribution < -0.4 is 10.3 Å². The molecule has 0 saturated carbocycles. The highest BCUT2D eigenvalue weighted by atomic mass is 32.2. The van der Waals surface area contributed by atoms with Gasteiger partial charge < -0.3 is 14.5 Å². The number of benzene rings is 1. The largest absolute Gasteiger partial charge is 0.496 e. The van der Waals surface area contributed by atoms with Crippen LogP contribution in [0.25, 0.3) is 11.3 Å². The molecule has 0 aliphatic heterocycles. The third-order valence-corrected chi connectivity index (χ3v) is 3.86. The highest BCUT2D eigenvalue weighted by Gasteiger charge is 2.27. The average molecular weight is 385 g/mol. The van der Waals surface area contributed by atoms with Crippen LogP contribution in [0.3, 0.4) is 0 Å². The van der Waals surface area contributed by atoms with Gasteiger partial charge in [0.25, 0.3) is 5.56 Å². The molecule has 1 aromatic heterocycles. The number of ether oxygens (including phenoxy) is 2. The van der Waals surface area contributed by atoms with Gasteiger partial charge in [0, 0.05) is 11.1 Å². The maximum atomic E-state index is 12.3. The lowest BCUT2D eigenvalue weighted by molar-refractivity contribution is -0.176. The van der Waals surface area contributed by atoms with Crippen molar-refractivity contribution in [3.8, 4) is 23.1 Å². The Hall–Kier alpha value is -2.51. The maximum Gasteiger partial charge on any atom is 0.411 e. The second-order valence-electron chi connectivity index (χ2n) is 5.05. The lowest BCUT2D eigenvalue weighted by Gasteiger charge is -2.13. The Balaban J connectivity index is 2.45. The van der Waals surface area contributed by atoms with Crippen molar-refractivity contribution in [2.75, 3.05) is 20.0 Å². The number of alkyl halides is 3. The van der Waals surface area contributed by atoms with Crippen LogP contribution >= 0.6 is 11.8 Å². The minimum atomic E-state index is -4.44. The summed E-state index contributed by atoms with van der Waals surface area (Å²) in [5, 5.41) is 9.55. The molecule has 0 saturated heterocycles. The summed E-state index contributed by atoms with van der Waals surface area (Å²) in [7, 11) is 1.38. The van der Waals surface area contributed by atoms with E-state index in [0.717, 1.165) is 0 Å². The van der Waals surface area contributed by atoms with E-state index in [4.69, 9.17) is 4.74 Å². The third-order valence-electron chi connectivity index (χ3n) is 3.28. The Bertz CT molecular complexity index is 891. The van der Waals surface area contributed by atoms with E-state index in [9.17, 15) is 23.2 Å². The van der Waals surface area contributed by atoms with Crippen LogP contribution in [0.5, 0.6) is 5.75 Å². The zero-order chi connectivity index (χ0) is 19.3. The highest BCUT2D eigenvalue weighted by Crippen LogP contribution is 2.28. The molecule has 0 atom stereocenters. The van der Waals surface area contributed by atoms with E-state index in [0.29, 0.717) is 22.0 Å². The van der Waals surface area contributed by atoms with Crippen molar-refractivity contribution in [2.45, 2.75) is 17.9 Å². The van der Waals surface area contributed by atoms with Gasteiger partial charge in [-0.1, -0.05) is 11.8 Å². The molecule has 0 amide bonds. The van der Waals surface area contributed by atoms with Crippen LogP contribution in [0.4, 0.5) is 13.2 Å². The van der Waals surface area contributed by atoms with Gasteiger partial charge >= 0.3 is 6.18 Å². The number of nitrogens with one attached hydrogen (secondary N) is 1. The fraction of sp³-hybridized carbons (Fsp3) is 0.312. The number of hydrogen-bond donors (Lipinski definition) is 1. The number of H-pyrrole nitrogens is 1. The summed E-state index contributed by atoms with van der Waals surface area (Å²) in [6, 6.07) is 6.37. The fourth-order valence-corrected chi connectivity index (χ4v) is 2.55. The van der Waals surface area contributed by atoms with Gasteiger partial charge in [-0.3, -0.25) is 4.79 Å². The SMILES string of the molecule is COc1ccc(-c2nc(SC)[nH]c(=O)c2C#N)cc1COCC(F)(F)F. The standard InChI is InChI=1S/C16H14F3N3O3S/c1-24-12-4-3-9(5-10(12)7-25-8-16(17,18)19)13-11(6-20)14(23)22-15(21-13)26-2/h3-5H,7-8H2,1-2H3,(H,21,22,23). The number of methoxy groups -OCH3 is 1. The molecule has 0 radical (unpaired) electrons. The molecular formula is C16H14F3N3O3S. The van der Waals surface area contributed by atoms with Gasteiger partial charge in [-0.2, -0.15) is 18.4 Å². The summed E-state index contributed by atoms with van der Waals surface area (Å²) in [6.07, 6.45) is -2.74. The van der Waals surface area contributed by atoms with Crippen LogP contribution in [0.15, 0.2) is 28.2 Å². The van der Waals surface area contributed by atoms with Crippen LogP contribution in [-0.2, 0) is 11.3 Å². The molecule has 0 aliphatic carbocycles. The van der Waals surface area contributed by atoms with E-state index in [2.05, 4.69) is 14.7 Å². The van der Waals surface area contributed by atoms with E-state index in [1.165, 1.54) is 31.0 Å². The van der Waals surface area contributed by atoms with Crippen LogP contribution in [0.1, 0.15) is 11.1 Å². The van der Waals surface area contributed by atoms with E-state index in [1.807, 2.05) is 0 Å². The predicted molar refractivity (Wildman–Crippen MR) is 89.1 cm³/mol. The molecule has 1 N–H and O–H groups in total. The monoisotopic (exact) mass is 385 g/mol. The summed E-state index contributed by atoms with van der Waals surface area (Å²) in [5.74, 6) is 0.323. The molecule has 2 aromatic rings. The molecule has 26 heavy (non-hydrogen) atoms. The Morgan fingerprint density at radius 2 is 2.12 bits per heavy atom. The molecule has 10 heteroatoms. The fourth-order valence-electron chi connectivity index (χ4n) is 2.18. The second kappa shape index (κ2) is 8.25. The number of rotatable bonds is 6. The zero-order valence-corrected chi connectivity index (χ0v) is 14.6. The lowest BCUT2D eigenvalue weighted by atomic mass is 10.0. The summed E-state index contributed by atoms with van der Waals surface area (Å²) >= 11 is 1.19. The molecule has 6 nitrogen and oxygen atoms in total. The van der Waals surface area contributed by atoms with Crippen LogP contribution in [0, 0.1) is 11.3 Å². The van der Waals surface area contributed by atoms with E-state index < -0.39 is 18.3 Å². The Morgan fingerprint density at radius 3 is 2.69 bits per heavy atom. The number of thioether (sulfide) groups is 1. The Morgan fingerprint density at radius 1 is 1.38 bits per heavy atom. The number of hydrogen-bond acceptors (Lipinski definition) is 6. The number of halogens is 3. The average Bonchev–Trinajstić information content (AvgIpc) is 2.59. The third kappa shape index (κ3) is 4.77. The van der Waals surface area contributed by atoms with Gasteiger partial charge in [-0.25, -0.2) is 4.98 Å². The topological polar surface area (TPSA) is 88.0 Å². The first kappa shape index (κ1) is 19.8. The normalized spacial score (nSPS) is 11.2. The second-order valence-corrected chi connectivity index (χ2v) is 5.84. The molecule has 1 aromatic carbocycles. The van der Waals surface area contributed by atoms with Crippen molar-refractivity contribution in [1.82, 2.24) is 9.97 Å². The first-order valence-corrected chi connectivity index (χ1v) is 8.41. The predicted octanol–water partition coefficient (Wildman–Crippen LogP) is 3.12. The smallest absolute Gasteiger partial charge is 0.411 e. The highest BCUT2D eigenvalue weighted by molar-refractivity contribution is 7.98. The van der Waals surface area contributed by atoms with Gasteiger partial charge in [0.05, 0.1) is 19.4 Å². The van der Waals surface area contributed by atoms with Crippen LogP contribution in [0.2, 0.25) is 0 Å². The molecule has 0 fully saturated rings. The number of aromatic amines is 1. The molecule has 0 bridgehead atoms. The van der Waals surface area contributed by atoms with E-state index in [-0.39, 0.29) is 17.9 Å². The quantitative estimate of drug-likeness (QED) is 0.607. The molecular weight excluding hydrogens is 371 g/mol. The summed E-state index contributed by atoms with van der Waals surface area (Å²) < 4.78 is 46.6. The molecule has 0 aliphatic rings. The van der Waals surface area contributed by atoms with Crippen LogP contribution in [-0.4, -0.2) is 36.1 Å². The van der Waals surface area contributed by atoms with Crippen molar-refractivity contribution >= 4 is 11.8 Å². The maximum absolute atomic E-state index is 12.3. The van der Waals surface area contributed by atoms with Crippen molar-refractivity contribution in [3.05, 3.63) is 39.7 Å². The van der Waals surface area contributed by atoms with Gasteiger partial charge in [0.1, 0.15) is 24.0 Å². The Labute approximate surface area is 151 Å². The molecule has 0 unspecified atom stereocenters. The number of aromatic nitrogens is 2. The van der Waals surface area contributed by atoms with E-state index in [1.54, 1.807) is 18.4 Å². The summed E-state index contributed by atoms with van der Waals surface area (Å²) in [4.78, 5) is 18.7. The van der Waals surface area contributed by atoms with Gasteiger partial charge in [0.2, 0.25) is 0 Å². The van der Waals surface area contributed by atoms with Gasteiger partial charge in [0.15, 0.2) is 5.16 Å². The molecule has 1 heterocycles. The molecule has 2 rings (SSSR count). The van der Waals surface area contributed by atoms with Gasteiger partial charge in [-0.15, -0.1) is 0 Å². The van der Waals surface area contributed by atoms with Crippen molar-refractivity contribution in [2.24, 2.45) is 0 Å². The van der Waals surface area contributed by atoms with Crippen molar-refractivity contribution in [1.29, 1.82) is 5.26 Å². The lowest BCUT2D eigenvalue weighted by Crippen LogP contribution is -2.17. The minimum Gasteiger partial charge on any atom is -0.496 e. The first-order valence-electron chi connectivity index (χ1n) is 7.19. The summed E-state index contributed by atoms with van der Waals surface area (Å²) in [6.45, 7) is -1.75. The summed E-state index contributed by atoms with van der Waals surface area (Å²) in [5.41, 5.74) is 0.100. The van der Waals surface area contributed by atoms with E-state index >= 15 is 0 Å². The number of nitriles is 1. The van der Waals surface area contributed by atoms with Gasteiger partial charge in [-0.05, 0) is 24.5 Å². The Kier molecular flexibility index (Phi) is 6.28. The number of nitrogens with zero attached hydrogens (tertiary/aromatic N) is 2. The zero-order valence-electron chi connectivity index (χ0n) is 13.8.